The molecule has 2 N–H and O–H groups in total. The van der Waals surface area contributed by atoms with Gasteiger partial charge in [-0.15, -0.1) is 0 Å². The summed E-state index contributed by atoms with van der Waals surface area (Å²) in [5.74, 6) is -0.591. The number of amides is 2. The monoisotopic (exact) mass is 370 g/mol. The van der Waals surface area contributed by atoms with Crippen molar-refractivity contribution in [3.63, 3.8) is 0 Å². The zero-order valence-corrected chi connectivity index (χ0v) is 14.1. The fourth-order valence-electron chi connectivity index (χ4n) is 1.86. The summed E-state index contributed by atoms with van der Waals surface area (Å²) in [6.45, 7) is -0.0747. The minimum atomic E-state index is -0.746. The lowest BCUT2D eigenvalue weighted by Gasteiger charge is -2.16. The van der Waals surface area contributed by atoms with Gasteiger partial charge < -0.3 is 4.74 Å². The molecule has 1 aromatic heterocycles. The molecule has 0 unspecified atom stereocenters. The number of halogens is 2. The Hall–Kier alpha value is -2.35. The Labute approximate surface area is 147 Å². The minimum absolute atomic E-state index is 0.0436. The number of rotatable bonds is 4. The summed E-state index contributed by atoms with van der Waals surface area (Å²) < 4.78 is 6.06. The van der Waals surface area contributed by atoms with Gasteiger partial charge >= 0.3 is 12.0 Å². The van der Waals surface area contributed by atoms with Gasteiger partial charge in [-0.3, -0.25) is 15.3 Å². The fourth-order valence-corrected chi connectivity index (χ4v) is 2.43. The number of hydrogen-bond donors (Lipinski definition) is 2. The Morgan fingerprint density at radius 1 is 1.21 bits per heavy atom. The molecule has 0 aliphatic carbocycles. The second-order valence-electron chi connectivity index (χ2n) is 4.65. The molecular weight excluding hydrogens is 357 g/mol. The standard InChI is InChI=1S/C15H13Cl2N3O4/c1-24-15(22)18-14-11(16)7-10(8-12(14)17)20(23)13(21)9-19-5-3-2-4-6-19/h2-8,23H,9H2,1H3/p+1. The summed E-state index contributed by atoms with van der Waals surface area (Å²) >= 11 is 12.1. The number of anilines is 2. The van der Waals surface area contributed by atoms with E-state index in [0.29, 0.717) is 5.06 Å². The molecule has 0 spiro atoms. The van der Waals surface area contributed by atoms with Gasteiger partial charge in [-0.1, -0.05) is 29.3 Å². The van der Waals surface area contributed by atoms with E-state index in [4.69, 9.17) is 23.2 Å². The molecule has 0 bridgehead atoms. The van der Waals surface area contributed by atoms with Crippen molar-refractivity contribution >= 4 is 46.6 Å². The predicted octanol–water partition coefficient (Wildman–Crippen LogP) is 2.88. The Morgan fingerprint density at radius 2 is 1.79 bits per heavy atom. The molecule has 126 valence electrons. The van der Waals surface area contributed by atoms with Crippen LogP contribution in [0.25, 0.3) is 0 Å². The van der Waals surface area contributed by atoms with Crippen LogP contribution in [0, 0.1) is 0 Å². The highest BCUT2D eigenvalue weighted by Gasteiger charge is 2.21. The second kappa shape index (κ2) is 7.96. The second-order valence-corrected chi connectivity index (χ2v) is 5.47. The van der Waals surface area contributed by atoms with Crippen molar-refractivity contribution in [2.45, 2.75) is 6.54 Å². The van der Waals surface area contributed by atoms with Gasteiger partial charge in [0.2, 0.25) is 6.54 Å². The van der Waals surface area contributed by atoms with Gasteiger partial charge in [0.1, 0.15) is 0 Å². The smallest absolute Gasteiger partial charge is 0.411 e. The normalized spacial score (nSPS) is 10.2. The molecule has 9 heteroatoms. The predicted molar refractivity (Wildman–Crippen MR) is 88.4 cm³/mol. The third kappa shape index (κ3) is 4.35. The molecule has 0 atom stereocenters. The number of methoxy groups -OCH3 is 1. The molecule has 2 rings (SSSR count). The number of pyridine rings is 1. The minimum Gasteiger partial charge on any atom is -0.453 e. The Kier molecular flexibility index (Phi) is 5.97. The van der Waals surface area contributed by atoms with Crippen molar-refractivity contribution in [2.24, 2.45) is 0 Å². The van der Waals surface area contributed by atoms with E-state index in [1.807, 2.05) is 6.07 Å². The van der Waals surface area contributed by atoms with Gasteiger partial charge in [0.15, 0.2) is 12.4 Å². The largest absolute Gasteiger partial charge is 0.453 e. The van der Waals surface area contributed by atoms with Crippen LogP contribution in [0.5, 0.6) is 0 Å². The number of hydrogen-bond acceptors (Lipinski definition) is 4. The van der Waals surface area contributed by atoms with E-state index in [0.717, 1.165) is 0 Å². The first kappa shape index (κ1) is 18.0. The molecule has 0 saturated heterocycles. The van der Waals surface area contributed by atoms with E-state index in [1.54, 1.807) is 29.1 Å². The fraction of sp³-hybridized carbons (Fsp3) is 0.133. The molecule has 24 heavy (non-hydrogen) atoms. The molecule has 1 heterocycles. The molecule has 0 aliphatic heterocycles. The molecule has 0 saturated carbocycles. The summed E-state index contributed by atoms with van der Waals surface area (Å²) in [6.07, 6.45) is 2.63. The third-order valence-electron chi connectivity index (χ3n) is 3.02. The number of nitrogens with one attached hydrogen (secondary N) is 1. The molecular formula is C15H14Cl2N3O4+. The van der Waals surface area contributed by atoms with Crippen molar-refractivity contribution in [2.75, 3.05) is 17.5 Å². The summed E-state index contributed by atoms with van der Waals surface area (Å²) in [4.78, 5) is 23.4. The van der Waals surface area contributed by atoms with Gasteiger partial charge in [-0.25, -0.2) is 4.79 Å². The first-order valence-corrected chi connectivity index (χ1v) is 7.48. The lowest BCUT2D eigenvalue weighted by molar-refractivity contribution is -0.684. The van der Waals surface area contributed by atoms with E-state index >= 15 is 0 Å². The Morgan fingerprint density at radius 3 is 2.33 bits per heavy atom. The number of carbonyl (C=O) groups excluding carboxylic acids is 2. The molecule has 7 nitrogen and oxygen atoms in total. The maximum absolute atomic E-state index is 12.1. The first-order valence-electron chi connectivity index (χ1n) is 6.72. The zero-order valence-electron chi connectivity index (χ0n) is 12.6. The van der Waals surface area contributed by atoms with Crippen molar-refractivity contribution in [1.82, 2.24) is 0 Å². The molecule has 0 radical (unpaired) electrons. The Bertz CT molecular complexity index is 733. The Balaban J connectivity index is 2.19. The van der Waals surface area contributed by atoms with Crippen molar-refractivity contribution in [3.05, 3.63) is 52.8 Å². The van der Waals surface area contributed by atoms with Crippen LogP contribution in [0.15, 0.2) is 42.7 Å². The number of carbonyl (C=O) groups is 2. The number of ether oxygens (including phenoxy) is 1. The van der Waals surface area contributed by atoms with Gasteiger partial charge in [0, 0.05) is 12.1 Å². The topological polar surface area (TPSA) is 82.8 Å². The van der Waals surface area contributed by atoms with Gasteiger partial charge in [0.25, 0.3) is 0 Å². The maximum atomic E-state index is 12.1. The van der Waals surface area contributed by atoms with Crippen LogP contribution in [-0.4, -0.2) is 24.3 Å². The van der Waals surface area contributed by atoms with Crippen LogP contribution in [0.3, 0.4) is 0 Å². The first-order chi connectivity index (χ1) is 11.4. The van der Waals surface area contributed by atoms with Gasteiger partial charge in [-0.05, 0) is 12.1 Å². The average Bonchev–Trinajstić information content (AvgIpc) is 2.57. The van der Waals surface area contributed by atoms with Gasteiger partial charge in [0.05, 0.1) is 28.5 Å². The lowest BCUT2D eigenvalue weighted by Crippen LogP contribution is -2.43. The summed E-state index contributed by atoms with van der Waals surface area (Å²) in [5, 5.41) is 12.9. The van der Waals surface area contributed by atoms with Crippen LogP contribution in [0.1, 0.15) is 0 Å². The quantitative estimate of drug-likeness (QED) is 0.492. The van der Waals surface area contributed by atoms with Crippen LogP contribution in [-0.2, 0) is 16.1 Å². The molecule has 2 amide bonds. The molecule has 1 aromatic carbocycles. The molecule has 0 fully saturated rings. The van der Waals surface area contributed by atoms with Crippen LogP contribution < -0.4 is 14.9 Å². The third-order valence-corrected chi connectivity index (χ3v) is 3.61. The number of benzene rings is 1. The highest BCUT2D eigenvalue weighted by atomic mass is 35.5. The van der Waals surface area contributed by atoms with E-state index in [9.17, 15) is 14.8 Å². The lowest BCUT2D eigenvalue weighted by atomic mass is 10.2. The summed E-state index contributed by atoms with van der Waals surface area (Å²) in [5.41, 5.74) is 0.189. The average molecular weight is 371 g/mol. The number of nitrogens with zero attached hydrogens (tertiary/aromatic N) is 2. The zero-order chi connectivity index (χ0) is 17.7. The SMILES string of the molecule is COC(=O)Nc1c(Cl)cc(N(O)C(=O)C[n+]2ccccc2)cc1Cl. The van der Waals surface area contributed by atoms with Gasteiger partial charge in [-0.2, -0.15) is 9.63 Å². The van der Waals surface area contributed by atoms with E-state index in [2.05, 4.69) is 10.1 Å². The summed E-state index contributed by atoms with van der Waals surface area (Å²) in [7, 11) is 1.20. The maximum Gasteiger partial charge on any atom is 0.411 e. The highest BCUT2D eigenvalue weighted by Crippen LogP contribution is 2.35. The van der Waals surface area contributed by atoms with E-state index in [1.165, 1.54) is 19.2 Å². The molecule has 2 aromatic rings. The van der Waals surface area contributed by atoms with Crippen molar-refractivity contribution in [1.29, 1.82) is 0 Å². The number of aromatic nitrogens is 1. The van der Waals surface area contributed by atoms with Crippen LogP contribution in [0.4, 0.5) is 16.2 Å². The molecule has 0 aliphatic rings. The van der Waals surface area contributed by atoms with Crippen LogP contribution >= 0.6 is 23.2 Å². The van der Waals surface area contributed by atoms with Crippen LogP contribution in [0.2, 0.25) is 10.0 Å². The van der Waals surface area contributed by atoms with E-state index < -0.39 is 12.0 Å². The number of hydroxylamine groups is 1. The van der Waals surface area contributed by atoms with E-state index in [-0.39, 0.29) is 28.0 Å². The van der Waals surface area contributed by atoms with Crippen molar-refractivity contribution < 1.29 is 24.1 Å². The highest BCUT2D eigenvalue weighted by molar-refractivity contribution is 6.40. The summed E-state index contributed by atoms with van der Waals surface area (Å²) in [6, 6.07) is 7.93. The van der Waals surface area contributed by atoms with Crippen molar-refractivity contribution in [3.8, 4) is 0 Å².